The van der Waals surface area contributed by atoms with Crippen LogP contribution in [0.5, 0.6) is 0 Å². The van der Waals surface area contributed by atoms with Crippen LogP contribution in [0.25, 0.3) is 0 Å². The van der Waals surface area contributed by atoms with Crippen LogP contribution in [0.3, 0.4) is 0 Å². The Kier molecular flexibility index (Phi) is 13.2. The quantitative estimate of drug-likeness (QED) is 0.350. The first-order valence-electron chi connectivity index (χ1n) is 0.894. The summed E-state index contributed by atoms with van der Waals surface area (Å²) in [5, 5.41) is 0. The molecule has 0 aliphatic carbocycles. The summed E-state index contributed by atoms with van der Waals surface area (Å²) in [5.74, 6) is 0. The first-order valence-corrected chi connectivity index (χ1v) is 2.68. The predicted octanol–water partition coefficient (Wildman–Crippen LogP) is -2.61. The maximum atomic E-state index is 7.33. The van der Waals surface area contributed by atoms with E-state index in [1.54, 1.807) is 0 Å². The van der Waals surface area contributed by atoms with Gasteiger partial charge in [-0.1, -0.05) is 0 Å². The van der Waals surface area contributed by atoms with Crippen molar-refractivity contribution in [1.29, 1.82) is 0 Å². The van der Waals surface area contributed by atoms with Crippen LogP contribution in [0.2, 0.25) is 0 Å². The average molecular weight is 241 g/mol. The predicted molar refractivity (Wildman–Crippen MR) is 14.6 cm³/mol. The Morgan fingerprint density at radius 2 is 0.857 bits per heavy atom. The molecule has 43 valence electrons. The number of hydrogen-bond donors (Lipinski definition) is 4. The first kappa shape index (κ1) is 15.9. The molecule has 0 fully saturated rings. The van der Waals surface area contributed by atoms with Crippen LogP contribution in [0.1, 0.15) is 0 Å². The van der Waals surface area contributed by atoms with Gasteiger partial charge in [-0.2, -0.15) is 0 Å². The van der Waals surface area contributed by atoms with Crippen molar-refractivity contribution < 1.29 is 69.0 Å². The second-order valence-corrected chi connectivity index (χ2v) is 1.80. The standard InChI is InChI=1S/Fe.H4O4Si.Y/c;1-5(2,3)4;/h;1-4H;. The third kappa shape index (κ3) is 87.8. The molecular weight excluding hydrogens is 237 g/mol. The van der Waals surface area contributed by atoms with Gasteiger partial charge in [-0.05, 0) is 0 Å². The van der Waals surface area contributed by atoms with Crippen molar-refractivity contribution in [2.24, 2.45) is 0 Å². The van der Waals surface area contributed by atoms with Crippen LogP contribution < -0.4 is 0 Å². The molecule has 0 rings (SSSR count). The molecule has 0 spiro atoms. The van der Waals surface area contributed by atoms with E-state index >= 15 is 0 Å². The summed E-state index contributed by atoms with van der Waals surface area (Å²) >= 11 is 0. The van der Waals surface area contributed by atoms with E-state index in [-0.39, 0.29) is 49.8 Å². The molecule has 0 amide bonds. The fourth-order valence-corrected chi connectivity index (χ4v) is 0. The SMILES string of the molecule is O[Si](O)(O)O.[Fe].[Y]. The van der Waals surface area contributed by atoms with Crippen LogP contribution in [0.15, 0.2) is 0 Å². The topological polar surface area (TPSA) is 80.9 Å². The molecule has 7 heavy (non-hydrogen) atoms. The van der Waals surface area contributed by atoms with E-state index in [2.05, 4.69) is 0 Å². The molecule has 0 heterocycles. The van der Waals surface area contributed by atoms with E-state index in [1.165, 1.54) is 0 Å². The Bertz CT molecular complexity index is 27.2. The molecular formula is H4FeO4SiY. The van der Waals surface area contributed by atoms with Crippen LogP contribution in [-0.2, 0) is 49.8 Å². The van der Waals surface area contributed by atoms with Crippen molar-refractivity contribution in [2.45, 2.75) is 0 Å². The largest absolute Gasteiger partial charge is 0.668 e. The summed E-state index contributed by atoms with van der Waals surface area (Å²) in [5.41, 5.74) is 0. The summed E-state index contributed by atoms with van der Waals surface area (Å²) in [6.45, 7) is 0. The van der Waals surface area contributed by atoms with E-state index < -0.39 is 9.05 Å². The van der Waals surface area contributed by atoms with E-state index in [9.17, 15) is 0 Å². The van der Waals surface area contributed by atoms with E-state index in [1.807, 2.05) is 0 Å². The third-order valence-corrected chi connectivity index (χ3v) is 0. The van der Waals surface area contributed by atoms with Crippen LogP contribution in [0.4, 0.5) is 0 Å². The number of rotatable bonds is 0. The fraction of sp³-hybridized carbons (Fsp3) is 0. The minimum absolute atomic E-state index is 0. The Labute approximate surface area is 77.4 Å². The molecule has 7 heteroatoms. The Morgan fingerprint density at radius 3 is 0.857 bits per heavy atom. The molecule has 0 aliphatic rings. The molecule has 0 saturated heterocycles. The second kappa shape index (κ2) is 5.81. The Morgan fingerprint density at radius 1 is 0.857 bits per heavy atom. The fourth-order valence-electron chi connectivity index (χ4n) is 0. The minimum Gasteiger partial charge on any atom is -0.368 e. The summed E-state index contributed by atoms with van der Waals surface area (Å²) in [6.07, 6.45) is 0. The van der Waals surface area contributed by atoms with Gasteiger partial charge >= 0.3 is 9.05 Å². The van der Waals surface area contributed by atoms with Gasteiger partial charge in [0.05, 0.1) is 0 Å². The van der Waals surface area contributed by atoms with Crippen molar-refractivity contribution in [3.8, 4) is 0 Å². The molecule has 4 nitrogen and oxygen atoms in total. The first-order chi connectivity index (χ1) is 2.00. The van der Waals surface area contributed by atoms with Gasteiger partial charge in [0.15, 0.2) is 0 Å². The molecule has 0 aliphatic heterocycles. The molecule has 0 unspecified atom stereocenters. The molecule has 0 aromatic carbocycles. The zero-order valence-corrected chi connectivity index (χ0v) is 8.16. The molecule has 0 atom stereocenters. The molecule has 0 aromatic heterocycles. The zero-order valence-electron chi connectivity index (χ0n) is 3.22. The van der Waals surface area contributed by atoms with Gasteiger partial charge in [0.1, 0.15) is 0 Å². The smallest absolute Gasteiger partial charge is 0.368 e. The number of hydrogen-bond acceptors (Lipinski definition) is 4. The zero-order chi connectivity index (χ0) is 4.50. The Balaban J connectivity index is -0.0000000800. The van der Waals surface area contributed by atoms with Crippen LogP contribution >= 0.6 is 0 Å². The van der Waals surface area contributed by atoms with E-state index in [4.69, 9.17) is 19.2 Å². The molecule has 0 bridgehead atoms. The maximum absolute atomic E-state index is 7.33. The van der Waals surface area contributed by atoms with Crippen LogP contribution in [0, 0.1) is 0 Å². The van der Waals surface area contributed by atoms with Crippen molar-refractivity contribution in [1.82, 2.24) is 0 Å². The maximum Gasteiger partial charge on any atom is 0.668 e. The van der Waals surface area contributed by atoms with Gasteiger partial charge in [-0.3, -0.25) is 0 Å². The minimum atomic E-state index is -4.61. The molecule has 0 saturated carbocycles. The molecule has 0 aromatic rings. The van der Waals surface area contributed by atoms with E-state index in [0.29, 0.717) is 0 Å². The third-order valence-electron chi connectivity index (χ3n) is 0. The summed E-state index contributed by atoms with van der Waals surface area (Å²) in [6, 6.07) is 0. The average Bonchev–Trinajstić information content (AvgIpc) is 0.722. The van der Waals surface area contributed by atoms with Crippen LogP contribution in [-0.4, -0.2) is 28.2 Å². The summed E-state index contributed by atoms with van der Waals surface area (Å²) < 4.78 is 0. The van der Waals surface area contributed by atoms with E-state index in [0.717, 1.165) is 0 Å². The molecule has 4 N–H and O–H groups in total. The Hall–Kier alpha value is 1.68. The van der Waals surface area contributed by atoms with Crippen molar-refractivity contribution in [3.05, 3.63) is 0 Å². The van der Waals surface area contributed by atoms with Gasteiger partial charge in [-0.15, -0.1) is 0 Å². The van der Waals surface area contributed by atoms with Gasteiger partial charge < -0.3 is 19.2 Å². The van der Waals surface area contributed by atoms with Gasteiger partial charge in [-0.25, -0.2) is 0 Å². The van der Waals surface area contributed by atoms with Gasteiger partial charge in [0, 0.05) is 49.8 Å². The molecule has 1 radical (unpaired) electrons. The second-order valence-electron chi connectivity index (χ2n) is 0.600. The monoisotopic (exact) mass is 241 g/mol. The summed E-state index contributed by atoms with van der Waals surface area (Å²) in [7, 11) is -4.61. The van der Waals surface area contributed by atoms with Crippen molar-refractivity contribution in [2.75, 3.05) is 0 Å². The van der Waals surface area contributed by atoms with Crippen molar-refractivity contribution in [3.63, 3.8) is 0 Å². The van der Waals surface area contributed by atoms with Gasteiger partial charge in [0.2, 0.25) is 0 Å². The summed E-state index contributed by atoms with van der Waals surface area (Å²) in [4.78, 5) is 29.3. The van der Waals surface area contributed by atoms with Gasteiger partial charge in [0.25, 0.3) is 0 Å². The van der Waals surface area contributed by atoms with Crippen molar-refractivity contribution >= 4 is 9.05 Å². The normalized spacial score (nSPS) is 8.57.